The molecule has 35 heavy (non-hydrogen) atoms. The zero-order chi connectivity index (χ0) is 25.8. The Morgan fingerprint density at radius 3 is 1.31 bits per heavy atom. The molecule has 2 fully saturated rings. The molecule has 0 spiro atoms. The van der Waals surface area contributed by atoms with Crippen molar-refractivity contribution in [3.05, 3.63) is 0 Å². The van der Waals surface area contributed by atoms with Gasteiger partial charge in [-0.2, -0.15) is 16.8 Å². The van der Waals surface area contributed by atoms with Gasteiger partial charge in [0.05, 0.1) is 12.8 Å². The standard InChI is InChI=1S/C16H20N2O14S2.Na.H/c19-11-7-9(33(25,26)27)15(23)17(11)31-13(21)5-3-1-2-4-6-14(22)32-18-12(20)8-10(16(18)24)34(28,29)30;;/h9-10H,1-8H2,(H,25,26,27)(H,28,29,30);;/q;+1;-1. The number of carbonyl (C=O) groups is 6. The first kappa shape index (κ1) is 31.1. The Balaban J connectivity index is 0.00000612. The van der Waals surface area contributed by atoms with Crippen LogP contribution in [0.1, 0.15) is 52.8 Å². The number of amides is 4. The molecule has 0 radical (unpaired) electrons. The number of hydrogen-bond donors (Lipinski definition) is 2. The molecule has 2 saturated heterocycles. The monoisotopic (exact) mass is 552 g/mol. The van der Waals surface area contributed by atoms with Crippen molar-refractivity contribution >= 4 is 55.8 Å². The molecule has 2 unspecified atom stereocenters. The molecule has 2 heterocycles. The fourth-order valence-corrected chi connectivity index (χ4v) is 4.42. The first-order valence-electron chi connectivity index (χ1n) is 9.70. The summed E-state index contributed by atoms with van der Waals surface area (Å²) in [6.45, 7) is 0. The average Bonchev–Trinajstić information content (AvgIpc) is 3.15. The third-order valence-electron chi connectivity index (χ3n) is 4.74. The van der Waals surface area contributed by atoms with E-state index >= 15 is 0 Å². The Labute approximate surface area is 222 Å². The second-order valence-corrected chi connectivity index (χ2v) is 10.5. The third kappa shape index (κ3) is 8.29. The van der Waals surface area contributed by atoms with Crippen LogP contribution in [0.4, 0.5) is 0 Å². The maximum Gasteiger partial charge on any atom is 1.00 e. The molecule has 2 aliphatic heterocycles. The van der Waals surface area contributed by atoms with E-state index in [0.717, 1.165) is 0 Å². The number of nitrogens with zero attached hydrogens (tertiary/aromatic N) is 2. The van der Waals surface area contributed by atoms with Crippen molar-refractivity contribution in [3.63, 3.8) is 0 Å². The molecule has 4 amide bonds. The van der Waals surface area contributed by atoms with E-state index in [2.05, 4.69) is 9.68 Å². The summed E-state index contributed by atoms with van der Waals surface area (Å²) < 4.78 is 61.9. The van der Waals surface area contributed by atoms with E-state index in [1.54, 1.807) is 0 Å². The summed E-state index contributed by atoms with van der Waals surface area (Å²) in [5.41, 5.74) is 0. The average molecular weight is 552 g/mol. The van der Waals surface area contributed by atoms with Crippen LogP contribution in [0.3, 0.4) is 0 Å². The van der Waals surface area contributed by atoms with Gasteiger partial charge in [0.2, 0.25) is 0 Å². The van der Waals surface area contributed by atoms with Crippen LogP contribution in [0.2, 0.25) is 0 Å². The summed E-state index contributed by atoms with van der Waals surface area (Å²) in [6.07, 6.45) is -1.10. The number of rotatable bonds is 11. The Bertz CT molecular complexity index is 1040. The van der Waals surface area contributed by atoms with Crippen LogP contribution in [-0.2, 0) is 58.7 Å². The molecule has 2 rings (SSSR count). The quantitative estimate of drug-likeness (QED) is 0.106. The Morgan fingerprint density at radius 1 is 0.743 bits per heavy atom. The SMILES string of the molecule is O=C(CCCCCCC(=O)ON1C(=O)CC(S(=O)(=O)O)C1=O)ON1C(=O)CC(S(=O)(=O)O)C1=O.[H-].[Na+]. The van der Waals surface area contributed by atoms with E-state index < -0.39 is 79.1 Å². The summed E-state index contributed by atoms with van der Waals surface area (Å²) in [7, 11) is -9.66. The third-order valence-corrected chi connectivity index (χ3v) is 6.92. The van der Waals surface area contributed by atoms with Gasteiger partial charge in [-0.15, -0.1) is 10.1 Å². The minimum absolute atomic E-state index is 0. The van der Waals surface area contributed by atoms with Crippen LogP contribution in [0.15, 0.2) is 0 Å². The van der Waals surface area contributed by atoms with Crippen molar-refractivity contribution in [2.75, 3.05) is 0 Å². The van der Waals surface area contributed by atoms with E-state index in [-0.39, 0.29) is 66.8 Å². The van der Waals surface area contributed by atoms with Crippen molar-refractivity contribution in [2.45, 2.75) is 61.9 Å². The maximum absolute atomic E-state index is 11.8. The maximum atomic E-state index is 11.8. The summed E-state index contributed by atoms with van der Waals surface area (Å²) in [5.74, 6) is -6.96. The molecule has 2 aliphatic rings. The first-order valence-corrected chi connectivity index (χ1v) is 12.7. The Kier molecular flexibility index (Phi) is 10.9. The van der Waals surface area contributed by atoms with Crippen LogP contribution < -0.4 is 29.6 Å². The molecule has 0 saturated carbocycles. The van der Waals surface area contributed by atoms with Crippen molar-refractivity contribution in [3.8, 4) is 0 Å². The number of hydroxylamine groups is 4. The molecular formula is C16H21N2NaO14S2. The van der Waals surface area contributed by atoms with Gasteiger partial charge in [-0.3, -0.25) is 28.3 Å². The van der Waals surface area contributed by atoms with Gasteiger partial charge >= 0.3 is 41.5 Å². The van der Waals surface area contributed by atoms with Gasteiger partial charge in [0.25, 0.3) is 43.9 Å². The molecule has 2 N–H and O–H groups in total. The fourth-order valence-electron chi connectivity index (χ4n) is 3.01. The number of unbranched alkanes of at least 4 members (excludes halogenated alkanes) is 3. The smallest absolute Gasteiger partial charge is 1.00 e. The molecule has 19 heteroatoms. The minimum Gasteiger partial charge on any atom is -1.00 e. The molecule has 0 aliphatic carbocycles. The summed E-state index contributed by atoms with van der Waals surface area (Å²) in [5, 5.41) is -4.08. The molecule has 0 aromatic heterocycles. The van der Waals surface area contributed by atoms with Crippen LogP contribution in [0, 0.1) is 0 Å². The first-order chi connectivity index (χ1) is 15.6. The molecule has 2 atom stereocenters. The van der Waals surface area contributed by atoms with Gasteiger partial charge in [0, 0.05) is 12.8 Å². The minimum atomic E-state index is -4.83. The fraction of sp³-hybridized carbons (Fsp3) is 0.625. The Morgan fingerprint density at radius 2 is 1.06 bits per heavy atom. The molecule has 192 valence electrons. The topological polar surface area (TPSA) is 236 Å². The van der Waals surface area contributed by atoms with Crippen molar-refractivity contribution in [2.24, 2.45) is 0 Å². The van der Waals surface area contributed by atoms with E-state index in [4.69, 9.17) is 9.11 Å². The van der Waals surface area contributed by atoms with Crippen molar-refractivity contribution in [1.29, 1.82) is 0 Å². The van der Waals surface area contributed by atoms with Gasteiger partial charge in [-0.05, 0) is 12.8 Å². The molecule has 16 nitrogen and oxygen atoms in total. The van der Waals surface area contributed by atoms with Gasteiger partial charge in [0.15, 0.2) is 10.5 Å². The van der Waals surface area contributed by atoms with Gasteiger partial charge in [0.1, 0.15) is 0 Å². The summed E-state index contributed by atoms with van der Waals surface area (Å²) >= 11 is 0. The number of imide groups is 2. The summed E-state index contributed by atoms with van der Waals surface area (Å²) in [4.78, 5) is 79.4. The van der Waals surface area contributed by atoms with E-state index in [1.165, 1.54) is 0 Å². The molecule has 0 aromatic rings. The Hall–Kier alpha value is -1.96. The predicted molar refractivity (Wildman–Crippen MR) is 105 cm³/mol. The van der Waals surface area contributed by atoms with Crippen LogP contribution in [0.25, 0.3) is 0 Å². The van der Waals surface area contributed by atoms with Crippen LogP contribution in [-0.4, -0.2) is 82.1 Å². The predicted octanol–water partition coefficient (Wildman–Crippen LogP) is -4.61. The molecule has 0 bridgehead atoms. The van der Waals surface area contributed by atoms with Crippen molar-refractivity contribution < 1.29 is 95.4 Å². The zero-order valence-electron chi connectivity index (χ0n) is 19.3. The van der Waals surface area contributed by atoms with Gasteiger partial charge in [-0.1, -0.05) is 12.8 Å². The second kappa shape index (κ2) is 12.3. The van der Waals surface area contributed by atoms with Gasteiger partial charge in [-0.25, -0.2) is 9.59 Å². The molecule has 0 aromatic carbocycles. The van der Waals surface area contributed by atoms with E-state index in [1.807, 2.05) is 0 Å². The van der Waals surface area contributed by atoms with Crippen molar-refractivity contribution in [1.82, 2.24) is 10.1 Å². The van der Waals surface area contributed by atoms with Crippen LogP contribution in [0.5, 0.6) is 0 Å². The number of hydrogen-bond acceptors (Lipinski definition) is 12. The van der Waals surface area contributed by atoms with Gasteiger partial charge < -0.3 is 11.1 Å². The van der Waals surface area contributed by atoms with E-state index in [9.17, 15) is 45.6 Å². The normalized spacial score (nSPS) is 20.7. The van der Waals surface area contributed by atoms with Crippen LogP contribution >= 0.6 is 0 Å². The summed E-state index contributed by atoms with van der Waals surface area (Å²) in [6, 6.07) is 0. The second-order valence-electron chi connectivity index (χ2n) is 7.31. The molecular weight excluding hydrogens is 531 g/mol. The van der Waals surface area contributed by atoms with E-state index in [0.29, 0.717) is 12.8 Å². The largest absolute Gasteiger partial charge is 1.00 e. The zero-order valence-corrected chi connectivity index (χ0v) is 21.9. The number of carbonyl (C=O) groups excluding carboxylic acids is 6.